The topological polar surface area (TPSA) is 54.9 Å². The number of guanidine groups is 1. The van der Waals surface area contributed by atoms with Gasteiger partial charge in [-0.25, -0.2) is 0 Å². The van der Waals surface area contributed by atoms with Gasteiger partial charge in [0, 0.05) is 26.1 Å². The summed E-state index contributed by atoms with van der Waals surface area (Å²) < 4.78 is 10.8. The predicted octanol–water partition coefficient (Wildman–Crippen LogP) is 3.16. The zero-order valence-electron chi connectivity index (χ0n) is 15.1. The largest absolute Gasteiger partial charge is 0.497 e. The minimum Gasteiger partial charge on any atom is -0.497 e. The summed E-state index contributed by atoms with van der Waals surface area (Å²) in [6.45, 7) is 5.32. The number of aliphatic imine (C=N–C) groups is 1. The maximum Gasteiger partial charge on any atom is 0.191 e. The lowest BCUT2D eigenvalue weighted by Crippen LogP contribution is -2.38. The van der Waals surface area contributed by atoms with E-state index in [1.807, 2.05) is 36.0 Å². The Morgan fingerprint density at radius 1 is 1.08 bits per heavy atom. The van der Waals surface area contributed by atoms with E-state index in [2.05, 4.69) is 28.8 Å². The number of rotatable bonds is 12. The van der Waals surface area contributed by atoms with Crippen molar-refractivity contribution in [2.45, 2.75) is 26.2 Å². The molecule has 0 amide bonds. The van der Waals surface area contributed by atoms with Crippen LogP contribution >= 0.6 is 11.8 Å². The van der Waals surface area contributed by atoms with Crippen LogP contribution in [0, 0.1) is 0 Å². The van der Waals surface area contributed by atoms with Gasteiger partial charge in [0.15, 0.2) is 5.96 Å². The molecule has 0 radical (unpaired) electrons. The van der Waals surface area contributed by atoms with E-state index >= 15 is 0 Å². The average Bonchev–Trinajstić information content (AvgIpc) is 2.61. The van der Waals surface area contributed by atoms with Crippen molar-refractivity contribution in [1.82, 2.24) is 10.6 Å². The number of unbranched alkanes of at least 4 members (excludes halogenated alkanes) is 1. The fraction of sp³-hybridized carbons (Fsp3) is 0.611. The van der Waals surface area contributed by atoms with Gasteiger partial charge >= 0.3 is 0 Å². The van der Waals surface area contributed by atoms with Gasteiger partial charge in [0.05, 0.1) is 13.7 Å². The zero-order valence-corrected chi connectivity index (χ0v) is 16.0. The number of ether oxygens (including phenoxy) is 2. The maximum atomic E-state index is 5.70. The number of hydrogen-bond acceptors (Lipinski definition) is 4. The number of benzene rings is 1. The van der Waals surface area contributed by atoms with E-state index in [4.69, 9.17) is 9.47 Å². The van der Waals surface area contributed by atoms with Crippen LogP contribution in [0.15, 0.2) is 29.3 Å². The normalized spacial score (nSPS) is 11.2. The number of methoxy groups -OCH3 is 1. The molecule has 0 unspecified atom stereocenters. The molecule has 0 aliphatic heterocycles. The molecule has 0 saturated heterocycles. The lowest BCUT2D eigenvalue weighted by Gasteiger charge is -2.11. The molecule has 0 saturated carbocycles. The Balaban J connectivity index is 2.20. The summed E-state index contributed by atoms with van der Waals surface area (Å²) >= 11 is 1.90. The quantitative estimate of drug-likeness (QED) is 0.343. The molecule has 0 fully saturated rings. The highest BCUT2D eigenvalue weighted by molar-refractivity contribution is 7.98. The standard InChI is InChI=1S/C18H31N3O2S/c1-4-19-18(20-12-5-6-15-24-3)21-13-7-14-23-17-10-8-16(22-2)9-11-17/h8-11H,4-7,12-15H2,1-3H3,(H2,19,20,21). The molecule has 0 atom stereocenters. The minimum absolute atomic E-state index is 0.656. The second-order valence-electron chi connectivity index (χ2n) is 5.26. The van der Waals surface area contributed by atoms with Crippen LogP contribution in [0.3, 0.4) is 0 Å². The average molecular weight is 354 g/mol. The van der Waals surface area contributed by atoms with Crippen LogP contribution in [0.25, 0.3) is 0 Å². The summed E-state index contributed by atoms with van der Waals surface area (Å²) in [5, 5.41) is 6.65. The van der Waals surface area contributed by atoms with Gasteiger partial charge in [-0.05, 0) is 56.0 Å². The third-order valence-electron chi connectivity index (χ3n) is 3.31. The SMILES string of the molecule is CCNC(=NCCCOc1ccc(OC)cc1)NCCCCSC. The first kappa shape index (κ1) is 20.5. The van der Waals surface area contributed by atoms with Crippen molar-refractivity contribution in [3.8, 4) is 11.5 Å². The lowest BCUT2D eigenvalue weighted by molar-refractivity contribution is 0.312. The highest BCUT2D eigenvalue weighted by atomic mass is 32.2. The molecule has 1 aromatic carbocycles. The number of nitrogens with zero attached hydrogens (tertiary/aromatic N) is 1. The van der Waals surface area contributed by atoms with Gasteiger partial charge in [0.25, 0.3) is 0 Å². The van der Waals surface area contributed by atoms with Gasteiger partial charge in [-0.3, -0.25) is 4.99 Å². The first-order chi connectivity index (χ1) is 11.8. The molecule has 0 aromatic heterocycles. The fourth-order valence-corrected chi connectivity index (χ4v) is 2.53. The van der Waals surface area contributed by atoms with Crippen molar-refractivity contribution in [2.24, 2.45) is 4.99 Å². The molecule has 0 bridgehead atoms. The third kappa shape index (κ3) is 9.55. The second-order valence-corrected chi connectivity index (χ2v) is 6.25. The summed E-state index contributed by atoms with van der Waals surface area (Å²) in [5.41, 5.74) is 0. The van der Waals surface area contributed by atoms with Crippen LogP contribution in [0.5, 0.6) is 11.5 Å². The molecule has 24 heavy (non-hydrogen) atoms. The van der Waals surface area contributed by atoms with E-state index in [0.29, 0.717) is 6.61 Å². The van der Waals surface area contributed by atoms with Gasteiger partial charge in [-0.1, -0.05) is 0 Å². The van der Waals surface area contributed by atoms with Crippen LogP contribution in [-0.2, 0) is 0 Å². The van der Waals surface area contributed by atoms with Crippen molar-refractivity contribution < 1.29 is 9.47 Å². The fourth-order valence-electron chi connectivity index (χ4n) is 2.04. The maximum absolute atomic E-state index is 5.70. The van der Waals surface area contributed by atoms with Gasteiger partial charge in [0.2, 0.25) is 0 Å². The van der Waals surface area contributed by atoms with E-state index in [0.717, 1.165) is 43.5 Å². The summed E-state index contributed by atoms with van der Waals surface area (Å²) in [6.07, 6.45) is 5.44. The highest BCUT2D eigenvalue weighted by Gasteiger charge is 1.98. The summed E-state index contributed by atoms with van der Waals surface area (Å²) in [4.78, 5) is 4.58. The lowest BCUT2D eigenvalue weighted by atomic mass is 10.3. The van der Waals surface area contributed by atoms with Crippen molar-refractivity contribution in [1.29, 1.82) is 0 Å². The highest BCUT2D eigenvalue weighted by Crippen LogP contribution is 2.16. The predicted molar refractivity (Wildman–Crippen MR) is 105 cm³/mol. The monoisotopic (exact) mass is 353 g/mol. The number of nitrogens with one attached hydrogen (secondary N) is 2. The van der Waals surface area contributed by atoms with E-state index in [1.165, 1.54) is 18.6 Å². The molecule has 1 aromatic rings. The Hall–Kier alpha value is -1.56. The molecular weight excluding hydrogens is 322 g/mol. The van der Waals surface area contributed by atoms with Gasteiger partial charge in [0.1, 0.15) is 11.5 Å². The molecular formula is C18H31N3O2S. The number of hydrogen-bond donors (Lipinski definition) is 2. The van der Waals surface area contributed by atoms with Crippen LogP contribution in [0.4, 0.5) is 0 Å². The first-order valence-electron chi connectivity index (χ1n) is 8.58. The second kappa shape index (κ2) is 13.8. The van der Waals surface area contributed by atoms with E-state index in [9.17, 15) is 0 Å². The summed E-state index contributed by atoms with van der Waals surface area (Å²) in [5.74, 6) is 3.81. The van der Waals surface area contributed by atoms with E-state index in [1.54, 1.807) is 7.11 Å². The minimum atomic E-state index is 0.656. The van der Waals surface area contributed by atoms with Crippen LogP contribution < -0.4 is 20.1 Å². The molecule has 2 N–H and O–H groups in total. The smallest absolute Gasteiger partial charge is 0.191 e. The zero-order chi connectivity index (χ0) is 17.5. The Bertz CT molecular complexity index is 452. The summed E-state index contributed by atoms with van der Waals surface area (Å²) in [7, 11) is 1.66. The van der Waals surface area contributed by atoms with Crippen LogP contribution in [-0.4, -0.2) is 51.3 Å². The van der Waals surface area contributed by atoms with Crippen molar-refractivity contribution in [2.75, 3.05) is 45.4 Å². The van der Waals surface area contributed by atoms with Crippen molar-refractivity contribution in [3.63, 3.8) is 0 Å². The van der Waals surface area contributed by atoms with Crippen molar-refractivity contribution in [3.05, 3.63) is 24.3 Å². The Morgan fingerprint density at radius 3 is 2.50 bits per heavy atom. The van der Waals surface area contributed by atoms with Gasteiger partial charge in [-0.2, -0.15) is 11.8 Å². The van der Waals surface area contributed by atoms with Crippen molar-refractivity contribution >= 4 is 17.7 Å². The molecule has 0 aliphatic carbocycles. The van der Waals surface area contributed by atoms with Gasteiger partial charge in [-0.15, -0.1) is 0 Å². The molecule has 136 valence electrons. The Labute approximate surface area is 150 Å². The van der Waals surface area contributed by atoms with Gasteiger partial charge < -0.3 is 20.1 Å². The Morgan fingerprint density at radius 2 is 1.83 bits per heavy atom. The molecule has 0 spiro atoms. The first-order valence-corrected chi connectivity index (χ1v) is 9.97. The van der Waals surface area contributed by atoms with Crippen LogP contribution in [0.1, 0.15) is 26.2 Å². The summed E-state index contributed by atoms with van der Waals surface area (Å²) in [6, 6.07) is 7.64. The molecule has 6 heteroatoms. The number of thioether (sulfide) groups is 1. The Kier molecular flexibility index (Phi) is 11.8. The molecule has 0 aliphatic rings. The third-order valence-corrected chi connectivity index (χ3v) is 4.01. The molecule has 0 heterocycles. The molecule has 5 nitrogen and oxygen atoms in total. The molecule has 1 rings (SSSR count). The van der Waals surface area contributed by atoms with Crippen LogP contribution in [0.2, 0.25) is 0 Å². The van der Waals surface area contributed by atoms with E-state index in [-0.39, 0.29) is 0 Å². The van der Waals surface area contributed by atoms with E-state index < -0.39 is 0 Å².